The number of nitro groups is 1. The highest BCUT2D eigenvalue weighted by atomic mass is 79.9. The fourth-order valence-corrected chi connectivity index (χ4v) is 2.07. The van der Waals surface area contributed by atoms with E-state index in [-0.39, 0.29) is 18.3 Å². The Bertz CT molecular complexity index is 509. The van der Waals surface area contributed by atoms with Gasteiger partial charge in [0, 0.05) is 19.2 Å². The van der Waals surface area contributed by atoms with E-state index >= 15 is 0 Å². The normalized spacial score (nSPS) is 14.4. The van der Waals surface area contributed by atoms with Gasteiger partial charge in [0.05, 0.1) is 22.0 Å². The van der Waals surface area contributed by atoms with Gasteiger partial charge >= 0.3 is 6.03 Å². The van der Waals surface area contributed by atoms with Crippen LogP contribution in [0.5, 0.6) is 5.75 Å². The molecule has 1 heterocycles. The van der Waals surface area contributed by atoms with E-state index in [9.17, 15) is 14.9 Å². The maximum Gasteiger partial charge on any atom is 0.317 e. The Balaban J connectivity index is 1.93. The molecule has 2 rings (SSSR count). The minimum absolute atomic E-state index is 0.0304. The molecule has 102 valence electrons. The van der Waals surface area contributed by atoms with Crippen LogP contribution in [-0.4, -0.2) is 42.1 Å². The number of nitro benzene ring substituents is 1. The number of benzene rings is 1. The zero-order valence-corrected chi connectivity index (χ0v) is 11.6. The molecule has 0 unspecified atom stereocenters. The Kier molecular flexibility index (Phi) is 4.20. The standard InChI is InChI=1S/C11H12BrN3O4/c12-9-2-1-8(15(17)18)7-10(9)19-6-5-14-4-3-13-11(14)16/h1-2,7H,3-6H2,(H,13,16). The molecule has 0 atom stereocenters. The second-order valence-corrected chi connectivity index (χ2v) is 4.79. The van der Waals surface area contributed by atoms with Crippen LogP contribution in [0.2, 0.25) is 0 Å². The first-order valence-electron chi connectivity index (χ1n) is 5.67. The van der Waals surface area contributed by atoms with E-state index in [1.54, 1.807) is 11.0 Å². The number of halogens is 1. The maximum atomic E-state index is 11.3. The second-order valence-electron chi connectivity index (χ2n) is 3.94. The fourth-order valence-electron chi connectivity index (χ4n) is 1.71. The summed E-state index contributed by atoms with van der Waals surface area (Å²) in [5.41, 5.74) is -0.0304. The predicted octanol–water partition coefficient (Wildman–Crippen LogP) is 1.76. The van der Waals surface area contributed by atoms with Gasteiger partial charge in [-0.1, -0.05) is 0 Å². The Hall–Kier alpha value is -1.83. The number of rotatable bonds is 5. The molecule has 1 aliphatic heterocycles. The highest BCUT2D eigenvalue weighted by Crippen LogP contribution is 2.29. The van der Waals surface area contributed by atoms with Gasteiger partial charge in [0.1, 0.15) is 12.4 Å². The quantitative estimate of drug-likeness (QED) is 0.659. The van der Waals surface area contributed by atoms with E-state index in [1.807, 2.05) is 0 Å². The van der Waals surface area contributed by atoms with E-state index in [2.05, 4.69) is 21.2 Å². The lowest BCUT2D eigenvalue weighted by Gasteiger charge is -2.14. The summed E-state index contributed by atoms with van der Waals surface area (Å²) in [7, 11) is 0. The third-order valence-electron chi connectivity index (χ3n) is 2.69. The Labute approximate surface area is 117 Å². The molecule has 1 aromatic rings. The zero-order valence-electron chi connectivity index (χ0n) is 9.97. The number of carbonyl (C=O) groups excluding carboxylic acids is 1. The number of hydrogen-bond donors (Lipinski definition) is 1. The van der Waals surface area contributed by atoms with E-state index in [0.29, 0.717) is 29.9 Å². The molecule has 0 spiro atoms. The van der Waals surface area contributed by atoms with Crippen LogP contribution in [0.4, 0.5) is 10.5 Å². The molecule has 0 saturated carbocycles. The van der Waals surface area contributed by atoms with E-state index in [0.717, 1.165) is 0 Å². The first kappa shape index (κ1) is 13.6. The van der Waals surface area contributed by atoms with Crippen LogP contribution < -0.4 is 10.1 Å². The maximum absolute atomic E-state index is 11.3. The van der Waals surface area contributed by atoms with Crippen molar-refractivity contribution in [2.45, 2.75) is 0 Å². The molecule has 0 radical (unpaired) electrons. The summed E-state index contributed by atoms with van der Waals surface area (Å²) in [6, 6.07) is 4.20. The number of nitrogens with zero attached hydrogens (tertiary/aromatic N) is 2. The van der Waals surface area contributed by atoms with Crippen LogP contribution in [0, 0.1) is 10.1 Å². The first-order valence-corrected chi connectivity index (χ1v) is 6.47. The molecule has 2 amide bonds. The molecule has 0 bridgehead atoms. The van der Waals surface area contributed by atoms with Gasteiger partial charge < -0.3 is 15.0 Å². The summed E-state index contributed by atoms with van der Waals surface area (Å²) >= 11 is 3.26. The lowest BCUT2D eigenvalue weighted by atomic mass is 10.3. The summed E-state index contributed by atoms with van der Waals surface area (Å²) in [6.45, 7) is 2.02. The largest absolute Gasteiger partial charge is 0.490 e. The minimum Gasteiger partial charge on any atom is -0.490 e. The van der Waals surface area contributed by atoms with Crippen molar-refractivity contribution in [3.05, 3.63) is 32.8 Å². The zero-order chi connectivity index (χ0) is 13.8. The minimum atomic E-state index is -0.479. The molecule has 0 aliphatic carbocycles. The molecule has 1 aromatic carbocycles. The summed E-state index contributed by atoms with van der Waals surface area (Å²) in [6.07, 6.45) is 0. The van der Waals surface area contributed by atoms with Gasteiger partial charge in [-0.15, -0.1) is 0 Å². The summed E-state index contributed by atoms with van der Waals surface area (Å²) in [5, 5.41) is 13.4. The smallest absolute Gasteiger partial charge is 0.317 e. The molecule has 1 fully saturated rings. The van der Waals surface area contributed by atoms with Gasteiger partial charge in [0.2, 0.25) is 0 Å². The molecular formula is C11H12BrN3O4. The molecule has 0 aromatic heterocycles. The Morgan fingerprint density at radius 3 is 2.95 bits per heavy atom. The lowest BCUT2D eigenvalue weighted by molar-refractivity contribution is -0.385. The van der Waals surface area contributed by atoms with Crippen molar-refractivity contribution in [2.24, 2.45) is 0 Å². The van der Waals surface area contributed by atoms with Crippen molar-refractivity contribution in [3.8, 4) is 5.75 Å². The average Bonchev–Trinajstić information content (AvgIpc) is 2.77. The molecule has 7 nitrogen and oxygen atoms in total. The van der Waals surface area contributed by atoms with Crippen LogP contribution in [0.1, 0.15) is 0 Å². The number of amides is 2. The van der Waals surface area contributed by atoms with E-state index in [4.69, 9.17) is 4.74 Å². The number of non-ortho nitro benzene ring substituents is 1. The molecule has 19 heavy (non-hydrogen) atoms. The molecular weight excluding hydrogens is 318 g/mol. The van der Waals surface area contributed by atoms with Crippen molar-refractivity contribution in [1.82, 2.24) is 10.2 Å². The first-order chi connectivity index (χ1) is 9.08. The van der Waals surface area contributed by atoms with Crippen LogP contribution >= 0.6 is 15.9 Å². The van der Waals surface area contributed by atoms with Crippen LogP contribution in [0.15, 0.2) is 22.7 Å². The van der Waals surface area contributed by atoms with Crippen LogP contribution in [-0.2, 0) is 0 Å². The third kappa shape index (κ3) is 3.34. The number of hydrogen-bond acceptors (Lipinski definition) is 4. The van der Waals surface area contributed by atoms with Gasteiger partial charge in [-0.3, -0.25) is 10.1 Å². The van der Waals surface area contributed by atoms with Gasteiger partial charge in [0.15, 0.2) is 0 Å². The fraction of sp³-hybridized carbons (Fsp3) is 0.364. The van der Waals surface area contributed by atoms with E-state index in [1.165, 1.54) is 12.1 Å². The second kappa shape index (κ2) is 5.87. The SMILES string of the molecule is O=C1NCCN1CCOc1cc([N+](=O)[O-])ccc1Br. The summed E-state index contributed by atoms with van der Waals surface area (Å²) in [5.74, 6) is 0.397. The number of urea groups is 1. The Morgan fingerprint density at radius 1 is 1.53 bits per heavy atom. The van der Waals surface area contributed by atoms with Crippen molar-refractivity contribution in [1.29, 1.82) is 0 Å². The third-order valence-corrected chi connectivity index (χ3v) is 3.34. The van der Waals surface area contributed by atoms with Crippen molar-refractivity contribution >= 4 is 27.6 Å². The van der Waals surface area contributed by atoms with Crippen molar-refractivity contribution in [3.63, 3.8) is 0 Å². The van der Waals surface area contributed by atoms with Gasteiger partial charge in [-0.05, 0) is 22.0 Å². The molecule has 1 saturated heterocycles. The van der Waals surface area contributed by atoms with Crippen molar-refractivity contribution < 1.29 is 14.5 Å². The van der Waals surface area contributed by atoms with Crippen LogP contribution in [0.3, 0.4) is 0 Å². The molecule has 1 N–H and O–H groups in total. The van der Waals surface area contributed by atoms with Gasteiger partial charge in [-0.25, -0.2) is 4.79 Å². The van der Waals surface area contributed by atoms with Gasteiger partial charge in [0.25, 0.3) is 5.69 Å². The summed E-state index contributed by atoms with van der Waals surface area (Å²) < 4.78 is 6.11. The Morgan fingerprint density at radius 2 is 2.32 bits per heavy atom. The topological polar surface area (TPSA) is 84.7 Å². The highest BCUT2D eigenvalue weighted by molar-refractivity contribution is 9.10. The number of nitrogens with one attached hydrogen (secondary N) is 1. The average molecular weight is 330 g/mol. The molecule has 8 heteroatoms. The molecule has 1 aliphatic rings. The number of ether oxygens (including phenoxy) is 1. The van der Waals surface area contributed by atoms with Crippen LogP contribution in [0.25, 0.3) is 0 Å². The number of carbonyl (C=O) groups is 1. The lowest BCUT2D eigenvalue weighted by Crippen LogP contribution is -2.31. The van der Waals surface area contributed by atoms with Crippen molar-refractivity contribution in [2.75, 3.05) is 26.2 Å². The van der Waals surface area contributed by atoms with E-state index < -0.39 is 4.92 Å². The monoisotopic (exact) mass is 329 g/mol. The summed E-state index contributed by atoms with van der Waals surface area (Å²) in [4.78, 5) is 23.1. The van der Waals surface area contributed by atoms with Gasteiger partial charge in [-0.2, -0.15) is 0 Å². The highest BCUT2D eigenvalue weighted by Gasteiger charge is 2.19. The predicted molar refractivity (Wildman–Crippen MR) is 71.3 cm³/mol.